The molecule has 90 valence electrons. The lowest BCUT2D eigenvalue weighted by Gasteiger charge is -2.20. The molecule has 1 rings (SSSR count). The zero-order valence-electron chi connectivity index (χ0n) is 11.0. The van der Waals surface area contributed by atoms with Gasteiger partial charge in [-0.25, -0.2) is 4.98 Å². The van der Waals surface area contributed by atoms with Gasteiger partial charge in [-0.3, -0.25) is 0 Å². The average molecular weight is 221 g/mol. The molecule has 0 aliphatic carbocycles. The van der Waals surface area contributed by atoms with Gasteiger partial charge in [-0.15, -0.1) is 0 Å². The topological polar surface area (TPSA) is 29.9 Å². The van der Waals surface area contributed by atoms with Crippen molar-refractivity contribution >= 4 is 0 Å². The quantitative estimate of drug-likeness (QED) is 0.792. The van der Waals surface area contributed by atoms with Gasteiger partial charge in [0.05, 0.1) is 12.0 Å². The van der Waals surface area contributed by atoms with Crippen molar-refractivity contribution in [1.29, 1.82) is 0 Å². The van der Waals surface area contributed by atoms with E-state index in [4.69, 9.17) is 0 Å². The Bertz CT molecular complexity index is 351. The van der Waals surface area contributed by atoms with Crippen LogP contribution in [0.25, 0.3) is 0 Å². The second-order valence-corrected chi connectivity index (χ2v) is 5.42. The number of allylic oxidation sites excluding steroid dienone is 2. The van der Waals surface area contributed by atoms with Crippen LogP contribution in [0.3, 0.4) is 0 Å². The predicted molar refractivity (Wildman–Crippen MR) is 68.3 cm³/mol. The van der Waals surface area contributed by atoms with Crippen LogP contribution in [-0.4, -0.2) is 15.1 Å². The van der Waals surface area contributed by atoms with Crippen LogP contribution in [0.2, 0.25) is 0 Å². The summed E-state index contributed by atoms with van der Waals surface area (Å²) in [7, 11) is 0. The van der Waals surface area contributed by atoms with Crippen LogP contribution in [0.4, 0.5) is 0 Å². The molecule has 0 unspecified atom stereocenters. The van der Waals surface area contributed by atoms with E-state index in [1.165, 1.54) is 11.3 Å². The molecule has 0 radical (unpaired) electrons. The largest absolute Gasteiger partial charge is 0.330 e. The molecule has 1 N–H and O–H groups in total. The van der Waals surface area contributed by atoms with E-state index in [-0.39, 0.29) is 5.54 Å². The monoisotopic (exact) mass is 221 g/mol. The molecule has 1 aromatic heterocycles. The van der Waals surface area contributed by atoms with Gasteiger partial charge in [-0.05, 0) is 34.6 Å². The molecule has 0 bridgehead atoms. The molecule has 16 heavy (non-hydrogen) atoms. The maximum atomic E-state index is 4.19. The molecule has 1 aromatic rings. The minimum Gasteiger partial charge on any atom is -0.330 e. The van der Waals surface area contributed by atoms with Crippen molar-refractivity contribution in [3.63, 3.8) is 0 Å². The normalized spacial score (nSPS) is 11.6. The fourth-order valence-electron chi connectivity index (χ4n) is 1.30. The highest BCUT2D eigenvalue weighted by Gasteiger charge is 2.09. The molecule has 3 heteroatoms. The van der Waals surface area contributed by atoms with Crippen molar-refractivity contribution in [1.82, 2.24) is 14.9 Å². The van der Waals surface area contributed by atoms with E-state index < -0.39 is 0 Å². The Morgan fingerprint density at radius 3 is 2.69 bits per heavy atom. The lowest BCUT2D eigenvalue weighted by molar-refractivity contribution is 0.417. The summed E-state index contributed by atoms with van der Waals surface area (Å²) in [5.74, 6) is 0. The first kappa shape index (κ1) is 13.0. The number of imidazole rings is 1. The summed E-state index contributed by atoms with van der Waals surface area (Å²) >= 11 is 0. The Kier molecular flexibility index (Phi) is 4.30. The van der Waals surface area contributed by atoms with Gasteiger partial charge in [-0.1, -0.05) is 11.6 Å². The van der Waals surface area contributed by atoms with Crippen molar-refractivity contribution in [3.05, 3.63) is 29.9 Å². The minimum atomic E-state index is 0.144. The third-order valence-electron chi connectivity index (χ3n) is 2.29. The Labute approximate surface area is 98.6 Å². The Hall–Kier alpha value is -1.09. The predicted octanol–water partition coefficient (Wildman–Crippen LogP) is 2.74. The number of rotatable bonds is 4. The molecule has 0 amide bonds. The smallest absolute Gasteiger partial charge is 0.0951 e. The fraction of sp³-hybridized carbons (Fsp3) is 0.615. The summed E-state index contributed by atoms with van der Waals surface area (Å²) in [4.78, 5) is 4.19. The minimum absolute atomic E-state index is 0.144. The van der Waals surface area contributed by atoms with E-state index >= 15 is 0 Å². The third kappa shape index (κ3) is 4.62. The van der Waals surface area contributed by atoms with Gasteiger partial charge in [0, 0.05) is 24.8 Å². The first-order valence-corrected chi connectivity index (χ1v) is 5.76. The van der Waals surface area contributed by atoms with Crippen LogP contribution in [0.1, 0.15) is 40.3 Å². The van der Waals surface area contributed by atoms with Crippen LogP contribution >= 0.6 is 0 Å². The molecule has 0 spiro atoms. The fourth-order valence-corrected chi connectivity index (χ4v) is 1.30. The van der Waals surface area contributed by atoms with E-state index in [1.54, 1.807) is 0 Å². The van der Waals surface area contributed by atoms with Crippen LogP contribution < -0.4 is 5.32 Å². The van der Waals surface area contributed by atoms with E-state index in [9.17, 15) is 0 Å². The lowest BCUT2D eigenvalue weighted by atomic mass is 10.1. The van der Waals surface area contributed by atoms with Crippen molar-refractivity contribution in [2.75, 3.05) is 0 Å². The van der Waals surface area contributed by atoms with Gasteiger partial charge in [0.15, 0.2) is 0 Å². The second-order valence-electron chi connectivity index (χ2n) is 5.42. The summed E-state index contributed by atoms with van der Waals surface area (Å²) in [6.45, 7) is 12.5. The van der Waals surface area contributed by atoms with Gasteiger partial charge in [0.1, 0.15) is 0 Å². The van der Waals surface area contributed by atoms with Crippen LogP contribution in [0.15, 0.2) is 24.2 Å². The number of nitrogens with zero attached hydrogens (tertiary/aromatic N) is 2. The first-order valence-electron chi connectivity index (χ1n) is 5.76. The SMILES string of the molecule is CC(C)=CCn1cncc1CNC(C)(C)C. The second kappa shape index (κ2) is 5.30. The van der Waals surface area contributed by atoms with Crippen LogP contribution in [-0.2, 0) is 13.1 Å². The van der Waals surface area contributed by atoms with Gasteiger partial charge in [-0.2, -0.15) is 0 Å². The summed E-state index contributed by atoms with van der Waals surface area (Å²) < 4.78 is 2.17. The molecule has 0 aromatic carbocycles. The average Bonchev–Trinajstić information content (AvgIpc) is 2.57. The van der Waals surface area contributed by atoms with E-state index in [2.05, 4.69) is 55.6 Å². The van der Waals surface area contributed by atoms with Crippen molar-refractivity contribution < 1.29 is 0 Å². The van der Waals surface area contributed by atoms with E-state index in [0.29, 0.717) is 0 Å². The number of hydrogen-bond donors (Lipinski definition) is 1. The maximum Gasteiger partial charge on any atom is 0.0951 e. The molecule has 0 saturated heterocycles. The molecule has 1 heterocycles. The van der Waals surface area contributed by atoms with Crippen LogP contribution in [0, 0.1) is 0 Å². The Balaban J connectivity index is 2.60. The lowest BCUT2D eigenvalue weighted by Crippen LogP contribution is -2.35. The maximum absolute atomic E-state index is 4.19. The summed E-state index contributed by atoms with van der Waals surface area (Å²) in [5, 5.41) is 3.47. The van der Waals surface area contributed by atoms with Crippen molar-refractivity contribution in [2.45, 2.75) is 53.2 Å². The van der Waals surface area contributed by atoms with Gasteiger partial charge >= 0.3 is 0 Å². The van der Waals surface area contributed by atoms with Crippen LogP contribution in [0.5, 0.6) is 0 Å². The summed E-state index contributed by atoms with van der Waals surface area (Å²) in [6, 6.07) is 0. The molecule has 3 nitrogen and oxygen atoms in total. The Morgan fingerprint density at radius 1 is 1.44 bits per heavy atom. The van der Waals surface area contributed by atoms with E-state index in [0.717, 1.165) is 13.1 Å². The number of hydrogen-bond acceptors (Lipinski definition) is 2. The number of nitrogens with one attached hydrogen (secondary N) is 1. The molecule has 0 fully saturated rings. The molecule has 0 aliphatic rings. The van der Waals surface area contributed by atoms with Gasteiger partial charge in [0.25, 0.3) is 0 Å². The highest BCUT2D eigenvalue weighted by Crippen LogP contribution is 2.05. The highest BCUT2D eigenvalue weighted by molar-refractivity contribution is 5.02. The van der Waals surface area contributed by atoms with Crippen molar-refractivity contribution in [2.24, 2.45) is 0 Å². The van der Waals surface area contributed by atoms with Gasteiger partial charge in [0.2, 0.25) is 0 Å². The standard InChI is InChI=1S/C13H23N3/c1-11(2)6-7-16-10-14-8-12(16)9-15-13(3,4)5/h6,8,10,15H,7,9H2,1-5H3. The zero-order valence-corrected chi connectivity index (χ0v) is 11.0. The summed E-state index contributed by atoms with van der Waals surface area (Å²) in [5.41, 5.74) is 2.71. The molecular weight excluding hydrogens is 198 g/mol. The summed E-state index contributed by atoms with van der Waals surface area (Å²) in [6.07, 6.45) is 6.03. The molecule has 0 saturated carbocycles. The number of aromatic nitrogens is 2. The third-order valence-corrected chi connectivity index (χ3v) is 2.29. The van der Waals surface area contributed by atoms with Gasteiger partial charge < -0.3 is 9.88 Å². The molecular formula is C13H23N3. The zero-order chi connectivity index (χ0) is 12.2. The Morgan fingerprint density at radius 2 is 2.12 bits per heavy atom. The van der Waals surface area contributed by atoms with Crippen molar-refractivity contribution in [3.8, 4) is 0 Å². The highest BCUT2D eigenvalue weighted by atomic mass is 15.1. The first-order chi connectivity index (χ1) is 7.38. The molecule has 0 aliphatic heterocycles. The van der Waals surface area contributed by atoms with E-state index in [1.807, 2.05) is 12.5 Å². The molecule has 0 atom stereocenters.